The normalized spacial score (nSPS) is 16.9. The quantitative estimate of drug-likeness (QED) is 0.721. The lowest BCUT2D eigenvalue weighted by molar-refractivity contribution is -0.133. The molecule has 1 aliphatic rings. The molecule has 150 valence electrons. The molecule has 0 bridgehead atoms. The number of carbonyl (C=O) groups excluding carboxylic acids is 2. The summed E-state index contributed by atoms with van der Waals surface area (Å²) in [6, 6.07) is 6.35. The zero-order chi connectivity index (χ0) is 20.1. The van der Waals surface area contributed by atoms with Crippen LogP contribution in [0.5, 0.6) is 0 Å². The smallest absolute Gasteiger partial charge is 0.263 e. The number of likely N-dealkylation sites (tertiary alicyclic amines) is 1. The van der Waals surface area contributed by atoms with Gasteiger partial charge in [-0.2, -0.15) is 0 Å². The van der Waals surface area contributed by atoms with Crippen molar-refractivity contribution in [2.24, 2.45) is 0 Å². The fraction of sp³-hybridized carbons (Fsp3) is 0.450. The van der Waals surface area contributed by atoms with Crippen LogP contribution in [-0.2, 0) is 4.79 Å². The van der Waals surface area contributed by atoms with Gasteiger partial charge in [-0.15, -0.1) is 11.3 Å². The number of hydrogen-bond acceptors (Lipinski definition) is 5. The number of halogens is 1. The minimum absolute atomic E-state index is 0.0458. The van der Waals surface area contributed by atoms with Crippen LogP contribution in [0.2, 0.25) is 0 Å². The first kappa shape index (κ1) is 20.4. The van der Waals surface area contributed by atoms with Crippen LogP contribution in [0.25, 0.3) is 10.6 Å². The van der Waals surface area contributed by atoms with Crippen molar-refractivity contribution in [1.29, 1.82) is 0 Å². The summed E-state index contributed by atoms with van der Waals surface area (Å²) in [5.41, 5.74) is 0.400. The number of nitrogens with zero attached hydrogens (tertiary/aromatic N) is 3. The van der Waals surface area contributed by atoms with E-state index >= 15 is 0 Å². The van der Waals surface area contributed by atoms with Gasteiger partial charge in [-0.1, -0.05) is 12.1 Å². The van der Waals surface area contributed by atoms with Crippen LogP contribution in [0.1, 0.15) is 28.9 Å². The fourth-order valence-electron chi connectivity index (χ4n) is 3.38. The van der Waals surface area contributed by atoms with E-state index in [1.165, 1.54) is 23.6 Å². The Kier molecular flexibility index (Phi) is 6.74. The van der Waals surface area contributed by atoms with Gasteiger partial charge in [0, 0.05) is 32.7 Å². The van der Waals surface area contributed by atoms with E-state index in [4.69, 9.17) is 0 Å². The summed E-state index contributed by atoms with van der Waals surface area (Å²) in [7, 11) is 3.56. The molecule has 2 aromatic rings. The summed E-state index contributed by atoms with van der Waals surface area (Å²) >= 11 is 1.18. The Morgan fingerprint density at radius 1 is 1.36 bits per heavy atom. The van der Waals surface area contributed by atoms with Crippen LogP contribution in [0, 0.1) is 5.82 Å². The molecule has 1 aromatic carbocycles. The molecule has 1 unspecified atom stereocenters. The fourth-order valence-corrected chi connectivity index (χ4v) is 4.24. The lowest BCUT2D eigenvalue weighted by Crippen LogP contribution is -2.43. The Morgan fingerprint density at radius 2 is 2.14 bits per heavy atom. The van der Waals surface area contributed by atoms with Crippen LogP contribution in [0.4, 0.5) is 4.39 Å². The van der Waals surface area contributed by atoms with Crippen molar-refractivity contribution in [3.8, 4) is 10.6 Å². The number of rotatable bonds is 7. The standard InChI is InChI=1S/C20H25FN4O2S/c1-24(2)20(27)16-9-5-11-25(16)12-6-10-22-18(26)17-13-23-19(28-17)14-7-3-4-8-15(14)21/h3-4,7-8,13,16H,5-6,9-12H2,1-2H3,(H,22,26). The Hall–Kier alpha value is -2.32. The number of thiazole rings is 1. The second kappa shape index (κ2) is 9.25. The zero-order valence-electron chi connectivity index (χ0n) is 16.2. The number of carbonyl (C=O) groups is 2. The van der Waals surface area contributed by atoms with Crippen molar-refractivity contribution >= 4 is 23.2 Å². The molecule has 0 radical (unpaired) electrons. The zero-order valence-corrected chi connectivity index (χ0v) is 17.0. The number of hydrogen-bond donors (Lipinski definition) is 1. The van der Waals surface area contributed by atoms with E-state index in [0.29, 0.717) is 22.0 Å². The highest BCUT2D eigenvalue weighted by atomic mass is 32.1. The molecule has 1 atom stereocenters. The van der Waals surface area contributed by atoms with E-state index in [1.54, 1.807) is 37.2 Å². The van der Waals surface area contributed by atoms with E-state index in [9.17, 15) is 14.0 Å². The van der Waals surface area contributed by atoms with Gasteiger partial charge in [0.2, 0.25) is 5.91 Å². The van der Waals surface area contributed by atoms with Gasteiger partial charge in [-0.3, -0.25) is 14.5 Å². The maximum Gasteiger partial charge on any atom is 0.263 e. The Labute approximate surface area is 168 Å². The molecule has 0 aliphatic carbocycles. The predicted octanol–water partition coefficient (Wildman–Crippen LogP) is 2.62. The molecular formula is C20H25FN4O2S. The molecular weight excluding hydrogens is 379 g/mol. The number of nitrogens with one attached hydrogen (secondary N) is 1. The van der Waals surface area contributed by atoms with Gasteiger partial charge in [-0.25, -0.2) is 9.37 Å². The average Bonchev–Trinajstić information content (AvgIpc) is 3.34. The number of amides is 2. The summed E-state index contributed by atoms with van der Waals surface area (Å²) < 4.78 is 13.9. The largest absolute Gasteiger partial charge is 0.351 e. The first-order valence-electron chi connectivity index (χ1n) is 9.41. The number of benzene rings is 1. The van der Waals surface area contributed by atoms with Crippen LogP contribution in [-0.4, -0.2) is 66.4 Å². The SMILES string of the molecule is CN(C)C(=O)C1CCCN1CCCNC(=O)c1cnc(-c2ccccc2F)s1. The molecule has 0 spiro atoms. The predicted molar refractivity (Wildman–Crippen MR) is 108 cm³/mol. The Morgan fingerprint density at radius 3 is 2.89 bits per heavy atom. The number of likely N-dealkylation sites (N-methyl/N-ethyl adjacent to an activating group) is 1. The third-order valence-corrected chi connectivity index (χ3v) is 5.86. The van der Waals surface area contributed by atoms with Gasteiger partial charge >= 0.3 is 0 Å². The molecule has 28 heavy (non-hydrogen) atoms. The second-order valence-corrected chi connectivity index (χ2v) is 8.08. The van der Waals surface area contributed by atoms with Crippen molar-refractivity contribution in [1.82, 2.24) is 20.1 Å². The molecule has 1 saturated heterocycles. The lowest BCUT2D eigenvalue weighted by atomic mass is 10.2. The van der Waals surface area contributed by atoms with E-state index in [2.05, 4.69) is 15.2 Å². The van der Waals surface area contributed by atoms with Gasteiger partial charge in [-0.05, 0) is 37.9 Å². The number of aromatic nitrogens is 1. The Bertz CT molecular complexity index is 839. The minimum atomic E-state index is -0.351. The lowest BCUT2D eigenvalue weighted by Gasteiger charge is -2.25. The van der Waals surface area contributed by atoms with Crippen LogP contribution in [0.15, 0.2) is 30.5 Å². The molecule has 3 rings (SSSR count). The average molecular weight is 405 g/mol. The van der Waals surface area contributed by atoms with Crippen molar-refractivity contribution in [3.63, 3.8) is 0 Å². The van der Waals surface area contributed by atoms with Crippen LogP contribution < -0.4 is 5.32 Å². The minimum Gasteiger partial charge on any atom is -0.351 e. The molecule has 2 heterocycles. The molecule has 1 aromatic heterocycles. The van der Waals surface area contributed by atoms with Gasteiger partial charge in [0.05, 0.1) is 12.2 Å². The molecule has 6 nitrogen and oxygen atoms in total. The van der Waals surface area contributed by atoms with E-state index in [-0.39, 0.29) is 23.7 Å². The maximum atomic E-state index is 13.9. The third-order valence-electron chi connectivity index (χ3n) is 4.83. The molecule has 0 saturated carbocycles. The van der Waals surface area contributed by atoms with E-state index in [0.717, 1.165) is 32.4 Å². The summed E-state index contributed by atoms with van der Waals surface area (Å²) in [5.74, 6) is -0.412. The first-order chi connectivity index (χ1) is 13.5. The summed E-state index contributed by atoms with van der Waals surface area (Å²) in [6.07, 6.45) is 4.16. The first-order valence-corrected chi connectivity index (χ1v) is 10.2. The van der Waals surface area contributed by atoms with Crippen molar-refractivity contribution in [2.75, 3.05) is 33.7 Å². The van der Waals surface area contributed by atoms with Crippen molar-refractivity contribution in [2.45, 2.75) is 25.3 Å². The third kappa shape index (κ3) is 4.74. The highest BCUT2D eigenvalue weighted by molar-refractivity contribution is 7.16. The summed E-state index contributed by atoms with van der Waals surface area (Å²) in [5, 5.41) is 3.38. The second-order valence-electron chi connectivity index (χ2n) is 7.05. The molecule has 1 N–H and O–H groups in total. The molecule has 8 heteroatoms. The van der Waals surface area contributed by atoms with Crippen LogP contribution in [0.3, 0.4) is 0 Å². The summed E-state index contributed by atoms with van der Waals surface area (Å²) in [6.45, 7) is 2.21. The van der Waals surface area contributed by atoms with Crippen LogP contribution >= 0.6 is 11.3 Å². The highest BCUT2D eigenvalue weighted by Gasteiger charge is 2.31. The molecule has 2 amide bonds. The molecule has 1 fully saturated rings. The topological polar surface area (TPSA) is 65.5 Å². The van der Waals surface area contributed by atoms with Gasteiger partial charge in [0.25, 0.3) is 5.91 Å². The van der Waals surface area contributed by atoms with E-state index in [1.807, 2.05) is 0 Å². The van der Waals surface area contributed by atoms with Gasteiger partial charge in [0.1, 0.15) is 15.7 Å². The van der Waals surface area contributed by atoms with E-state index < -0.39 is 0 Å². The monoisotopic (exact) mass is 404 g/mol. The maximum absolute atomic E-state index is 13.9. The van der Waals surface area contributed by atoms with Gasteiger partial charge in [0.15, 0.2) is 0 Å². The van der Waals surface area contributed by atoms with Crippen molar-refractivity contribution in [3.05, 3.63) is 41.2 Å². The molecule has 1 aliphatic heterocycles. The Balaban J connectivity index is 1.48. The van der Waals surface area contributed by atoms with Crippen molar-refractivity contribution < 1.29 is 14.0 Å². The van der Waals surface area contributed by atoms with Gasteiger partial charge < -0.3 is 10.2 Å². The highest BCUT2D eigenvalue weighted by Crippen LogP contribution is 2.27. The summed E-state index contributed by atoms with van der Waals surface area (Å²) in [4.78, 5) is 33.0.